The number of hydrogen-bond donors (Lipinski definition) is 1. The summed E-state index contributed by atoms with van der Waals surface area (Å²) in [5, 5.41) is 3.57. The SMILES string of the molecule is CC.CC.CC.CC.CC.CC.CC.CC(C)C1c2ccccc2C2C(c3ccccc31)C2(C)C.CC(C)C1c2ccccc2C=Cc2ccccc21.CC(C)C1c2ccccc2CCCc2ccccc21.CC(C)C1c2ccccc2CCc2ccccc21.CC(C)C1c2ccccc2CNc2ccccc21.CC(C)C1c2ccccc2COc2ccccc21.CC(C)C1c2ccccc2Oc2ccccc21. The third-order valence-electron chi connectivity index (χ3n) is 29.0. The van der Waals surface area contributed by atoms with Gasteiger partial charge in [0.25, 0.3) is 0 Å². The van der Waals surface area contributed by atoms with E-state index in [0.29, 0.717) is 107 Å². The molecule has 22 rings (SSSR count). The number of fused-ring (bicyclic) bond motifs is 17. The zero-order chi connectivity index (χ0) is 104. The van der Waals surface area contributed by atoms with Gasteiger partial charge in [-0.15, -0.1) is 0 Å². The summed E-state index contributed by atoms with van der Waals surface area (Å²) in [6, 6.07) is 123. The van der Waals surface area contributed by atoms with E-state index in [1.165, 1.54) is 127 Å². The van der Waals surface area contributed by atoms with E-state index in [4.69, 9.17) is 9.47 Å². The molecule has 0 radical (unpaired) electrons. The summed E-state index contributed by atoms with van der Waals surface area (Å²) in [5.41, 5.74) is 37.0. The molecule has 3 heteroatoms. The van der Waals surface area contributed by atoms with Crippen LogP contribution in [0.2, 0.25) is 0 Å². The van der Waals surface area contributed by atoms with Crippen LogP contribution in [0.15, 0.2) is 340 Å². The highest BCUT2D eigenvalue weighted by Gasteiger charge is 2.61. The van der Waals surface area contributed by atoms with E-state index in [1.54, 1.807) is 44.5 Å². The van der Waals surface area contributed by atoms with Crippen molar-refractivity contribution in [1.82, 2.24) is 0 Å². The van der Waals surface area contributed by atoms with Crippen LogP contribution in [0.4, 0.5) is 5.69 Å². The number of aryl methyl sites for hydroxylation is 4. The van der Waals surface area contributed by atoms with Crippen molar-refractivity contribution in [3.63, 3.8) is 0 Å². The van der Waals surface area contributed by atoms with Gasteiger partial charge in [0.15, 0.2) is 0 Å². The Kier molecular flexibility index (Phi) is 46.3. The van der Waals surface area contributed by atoms with E-state index < -0.39 is 0 Å². The van der Waals surface area contributed by atoms with Crippen LogP contribution in [0.5, 0.6) is 17.2 Å². The molecule has 0 aromatic heterocycles. The van der Waals surface area contributed by atoms with E-state index in [0.717, 1.165) is 23.8 Å². The second kappa shape index (κ2) is 57.6. The highest BCUT2D eigenvalue weighted by atomic mass is 16.5. The molecule has 4 atom stereocenters. The topological polar surface area (TPSA) is 30.5 Å². The van der Waals surface area contributed by atoms with Crippen LogP contribution in [0.1, 0.15) is 401 Å². The predicted molar refractivity (Wildman–Crippen MR) is 626 cm³/mol. The predicted octanol–water partition coefficient (Wildman–Crippen LogP) is 40.7. The monoisotopic (exact) mass is 1910 g/mol. The fraction of sp³-hybridized carbons (Fsp3) is 0.386. The van der Waals surface area contributed by atoms with Crippen LogP contribution in [0.25, 0.3) is 12.2 Å². The van der Waals surface area contributed by atoms with Crippen molar-refractivity contribution in [2.24, 2.45) is 46.8 Å². The Bertz CT molecular complexity index is 5560. The Labute approximate surface area is 870 Å². The number of nitrogens with one attached hydrogen (secondary N) is 1. The number of hydrogen-bond acceptors (Lipinski definition) is 3. The Balaban J connectivity index is 0.000000182. The van der Waals surface area contributed by atoms with Crippen molar-refractivity contribution >= 4 is 17.8 Å². The second-order valence-corrected chi connectivity index (χ2v) is 40.2. The van der Waals surface area contributed by atoms with Crippen LogP contribution >= 0.6 is 0 Å². The molecule has 1 fully saturated rings. The zero-order valence-corrected chi connectivity index (χ0v) is 93.5. The molecule has 756 valence electrons. The highest BCUT2D eigenvalue weighted by molar-refractivity contribution is 5.77. The van der Waals surface area contributed by atoms with Gasteiger partial charge in [-0.2, -0.15) is 0 Å². The van der Waals surface area contributed by atoms with Crippen molar-refractivity contribution in [1.29, 1.82) is 0 Å². The van der Waals surface area contributed by atoms with Crippen LogP contribution in [0, 0.1) is 46.8 Å². The van der Waals surface area contributed by atoms with E-state index >= 15 is 0 Å². The molecule has 14 aromatic rings. The lowest BCUT2D eigenvalue weighted by Gasteiger charge is -2.30. The first-order valence-electron chi connectivity index (χ1n) is 55.6. The molecule has 1 N–H and O–H groups in total. The highest BCUT2D eigenvalue weighted by Crippen LogP contribution is 2.73. The van der Waals surface area contributed by atoms with Crippen molar-refractivity contribution in [3.8, 4) is 17.2 Å². The molecule has 14 aromatic carbocycles. The summed E-state index contributed by atoms with van der Waals surface area (Å²) in [4.78, 5) is 0. The minimum atomic E-state index is 0.397. The molecule has 4 unspecified atom stereocenters. The molecule has 8 aliphatic rings. The Morgan fingerprint density at radius 2 is 0.441 bits per heavy atom. The average molecular weight is 1910 g/mol. The zero-order valence-electron chi connectivity index (χ0n) is 93.5. The van der Waals surface area contributed by atoms with Crippen molar-refractivity contribution in [2.45, 2.75) is 306 Å². The van der Waals surface area contributed by atoms with E-state index in [1.807, 2.05) is 115 Å². The number of para-hydroxylation sites is 4. The Morgan fingerprint density at radius 1 is 0.217 bits per heavy atom. The maximum absolute atomic E-state index is 5.96. The van der Waals surface area contributed by atoms with Gasteiger partial charge in [0.2, 0.25) is 0 Å². The first-order chi connectivity index (χ1) is 69.7. The third-order valence-corrected chi connectivity index (χ3v) is 29.0. The first-order valence-corrected chi connectivity index (χ1v) is 55.6. The molecule has 0 amide bonds. The standard InChI is InChI=1S/C21H24.C19H22.C18H20.C18H18.C17H19N.C17H18O.C16H16O.7C2H6/c1-13(2)18-14-9-5-7-11-16(14)19-20(21(19,3)4)17-12-8-6-10-15(17)18;1-14(2)19-17-12-5-3-8-15(17)10-7-11-16-9-4-6-13-18(16)19;2*1-13(2)18-16-9-5-3-7-14(16)11-12-15-8-4-6-10-17(15)18;2*1-12(2)17-14-8-4-3-7-13(14)11-18-16-10-6-5-9-15(16)17;1-11(2)16-12-7-3-5-9-14(12)17-15-10-6-4-8-13(15)16;7*1-2/h5-13,18-20H,1-4H3;3-6,8-9,12-14,19H,7,10-11H2,1-2H3;3-10,13,18H,11-12H2,1-2H3;3-13,18H,1-2H3;3-10,12,17-18H,11H2,1-2H3;3-10,12,17H,11H2,1-2H3;3-11,16H,1-2H3;7*1-2H3. The summed E-state index contributed by atoms with van der Waals surface area (Å²) < 4.78 is 11.9. The summed E-state index contributed by atoms with van der Waals surface area (Å²) in [5.74, 6) is 12.2. The van der Waals surface area contributed by atoms with Gasteiger partial charge in [-0.25, -0.2) is 0 Å². The lowest BCUT2D eigenvalue weighted by atomic mass is 9.76. The second-order valence-electron chi connectivity index (χ2n) is 40.2. The van der Waals surface area contributed by atoms with Crippen molar-refractivity contribution < 1.29 is 9.47 Å². The van der Waals surface area contributed by atoms with Gasteiger partial charge in [0.1, 0.15) is 23.9 Å². The maximum atomic E-state index is 5.96. The van der Waals surface area contributed by atoms with Gasteiger partial charge in [-0.05, 0) is 232 Å². The van der Waals surface area contributed by atoms with Crippen LogP contribution in [-0.2, 0) is 38.8 Å². The first kappa shape index (κ1) is 115. The molecule has 3 heterocycles. The van der Waals surface area contributed by atoms with E-state index in [9.17, 15) is 0 Å². The summed E-state index contributed by atoms with van der Waals surface area (Å²) in [6.07, 6.45) is 10.5. The molecule has 3 nitrogen and oxygen atoms in total. The summed E-state index contributed by atoms with van der Waals surface area (Å²) in [6.45, 7) is 66.9. The van der Waals surface area contributed by atoms with Crippen LogP contribution in [0.3, 0.4) is 0 Å². The number of benzene rings is 14. The van der Waals surface area contributed by atoms with Crippen LogP contribution < -0.4 is 14.8 Å². The van der Waals surface area contributed by atoms with Gasteiger partial charge in [-0.1, -0.05) is 535 Å². The van der Waals surface area contributed by atoms with Gasteiger partial charge < -0.3 is 14.8 Å². The minimum Gasteiger partial charge on any atom is -0.489 e. The number of anilines is 1. The smallest absolute Gasteiger partial charge is 0.131 e. The fourth-order valence-corrected chi connectivity index (χ4v) is 23.1. The minimum absolute atomic E-state index is 0.397. The van der Waals surface area contributed by atoms with Gasteiger partial charge in [-0.3, -0.25) is 0 Å². The normalized spacial score (nSPS) is 16.3. The molecule has 143 heavy (non-hydrogen) atoms. The van der Waals surface area contributed by atoms with Crippen LogP contribution in [-0.4, -0.2) is 0 Å². The van der Waals surface area contributed by atoms with Gasteiger partial charge >= 0.3 is 0 Å². The lowest BCUT2D eigenvalue weighted by molar-refractivity contribution is 0.306. The maximum Gasteiger partial charge on any atom is 0.131 e. The van der Waals surface area contributed by atoms with Gasteiger partial charge in [0.05, 0.1) is 0 Å². The Morgan fingerprint density at radius 3 is 0.804 bits per heavy atom. The molecule has 0 saturated heterocycles. The van der Waals surface area contributed by atoms with Crippen molar-refractivity contribution in [3.05, 3.63) is 473 Å². The fourth-order valence-electron chi connectivity index (χ4n) is 23.1. The van der Waals surface area contributed by atoms with Crippen molar-refractivity contribution in [2.75, 3.05) is 5.32 Å². The molecule has 1 saturated carbocycles. The number of rotatable bonds is 7. The molecule has 5 aliphatic carbocycles. The third kappa shape index (κ3) is 27.7. The van der Waals surface area contributed by atoms with E-state index in [-0.39, 0.29) is 0 Å². The largest absolute Gasteiger partial charge is 0.489 e. The number of ether oxygens (including phenoxy) is 2. The van der Waals surface area contributed by atoms with Gasteiger partial charge in [0, 0.05) is 70.3 Å². The summed E-state index contributed by atoms with van der Waals surface area (Å²) >= 11 is 0. The molecule has 3 aliphatic heterocycles. The molecular weight excluding hydrogens is 1730 g/mol. The quantitative estimate of drug-likeness (QED) is 0.173. The van der Waals surface area contributed by atoms with E-state index in [2.05, 4.69) is 450 Å². The molecular formula is C140H179NO2. The molecule has 0 bridgehead atoms. The average Bonchev–Trinajstić information content (AvgIpc) is 1.52. The Hall–Kier alpha value is -11.8. The molecule has 0 spiro atoms. The summed E-state index contributed by atoms with van der Waals surface area (Å²) in [7, 11) is 0. The lowest BCUT2D eigenvalue weighted by Crippen LogP contribution is -2.15.